The summed E-state index contributed by atoms with van der Waals surface area (Å²) in [5.41, 5.74) is 0. The second-order valence-electron chi connectivity index (χ2n) is 1.49. The maximum absolute atomic E-state index is 7.93. The summed E-state index contributed by atoms with van der Waals surface area (Å²) in [5, 5.41) is 23.7. The second kappa shape index (κ2) is 11.3. The van der Waals surface area contributed by atoms with E-state index in [0.29, 0.717) is 6.61 Å². The van der Waals surface area contributed by atoms with Crippen LogP contribution in [0.25, 0.3) is 0 Å². The van der Waals surface area contributed by atoms with Gasteiger partial charge in [0.1, 0.15) is 0 Å². The Morgan fingerprint density at radius 3 is 1.80 bits per heavy atom. The highest BCUT2D eigenvalue weighted by molar-refractivity contribution is 4.96. The lowest BCUT2D eigenvalue weighted by atomic mass is 10.5. The molecule has 0 aliphatic carbocycles. The molecule has 60 valence electrons. The predicted octanol–water partition coefficient (Wildman–Crippen LogP) is -0.291. The summed E-state index contributed by atoms with van der Waals surface area (Å²) >= 11 is 0. The lowest BCUT2D eigenvalue weighted by Gasteiger charge is -1.82. The molecule has 0 aromatic heterocycles. The molecule has 3 N–H and O–H groups in total. The third-order valence-electron chi connectivity index (χ3n) is 0.497. The fourth-order valence-corrected chi connectivity index (χ4v) is 0.129. The van der Waals surface area contributed by atoms with Gasteiger partial charge >= 0.3 is 0 Å². The zero-order valence-corrected chi connectivity index (χ0v) is 6.33. The van der Waals surface area contributed by atoms with E-state index in [9.17, 15) is 0 Å². The van der Waals surface area contributed by atoms with Gasteiger partial charge in [-0.3, -0.25) is 0 Å². The van der Waals surface area contributed by atoms with E-state index in [1.807, 2.05) is 6.92 Å². The monoisotopic (exact) mass is 146 g/mol. The van der Waals surface area contributed by atoms with Gasteiger partial charge in [-0.2, -0.15) is 0 Å². The Bertz CT molecular complexity index is 97.2. The standard InChI is InChI=1S/C4H6O2.C3H8O/c1-2-3-4(5)6;1-2-3-4/h4-6H,1H3;4H,2-3H2,1H3. The van der Waals surface area contributed by atoms with E-state index in [4.69, 9.17) is 15.3 Å². The van der Waals surface area contributed by atoms with E-state index in [-0.39, 0.29) is 0 Å². The quantitative estimate of drug-likeness (QED) is 0.352. The molecule has 0 unspecified atom stereocenters. The van der Waals surface area contributed by atoms with Crippen molar-refractivity contribution in [1.29, 1.82) is 0 Å². The zero-order valence-electron chi connectivity index (χ0n) is 6.33. The van der Waals surface area contributed by atoms with Gasteiger partial charge in [-0.15, -0.1) is 5.92 Å². The van der Waals surface area contributed by atoms with Crippen LogP contribution >= 0.6 is 0 Å². The van der Waals surface area contributed by atoms with Crippen LogP contribution in [0.15, 0.2) is 0 Å². The van der Waals surface area contributed by atoms with Crippen molar-refractivity contribution in [3.63, 3.8) is 0 Å². The van der Waals surface area contributed by atoms with Gasteiger partial charge in [-0.05, 0) is 19.3 Å². The Hall–Kier alpha value is -0.560. The average Bonchev–Trinajstić information content (AvgIpc) is 1.89. The van der Waals surface area contributed by atoms with E-state index in [1.54, 1.807) is 6.92 Å². The minimum Gasteiger partial charge on any atom is -0.396 e. The lowest BCUT2D eigenvalue weighted by Crippen LogP contribution is -1.97. The molecular formula is C7H14O3. The van der Waals surface area contributed by atoms with Crippen molar-refractivity contribution < 1.29 is 15.3 Å². The molecule has 3 nitrogen and oxygen atoms in total. The molecule has 0 heterocycles. The van der Waals surface area contributed by atoms with Crippen LogP contribution in [0.5, 0.6) is 0 Å². The lowest BCUT2D eigenvalue weighted by molar-refractivity contribution is 0.0108. The third kappa shape index (κ3) is 26.1. The van der Waals surface area contributed by atoms with E-state index in [1.165, 1.54) is 0 Å². The molecule has 0 aliphatic rings. The number of aliphatic hydroxyl groups is 3. The van der Waals surface area contributed by atoms with Crippen molar-refractivity contribution >= 4 is 0 Å². The van der Waals surface area contributed by atoms with Gasteiger partial charge in [0.25, 0.3) is 0 Å². The van der Waals surface area contributed by atoms with Gasteiger partial charge in [0.05, 0.1) is 0 Å². The van der Waals surface area contributed by atoms with Crippen LogP contribution in [0.1, 0.15) is 20.3 Å². The Labute approximate surface area is 61.3 Å². The topological polar surface area (TPSA) is 60.7 Å². The minimum absolute atomic E-state index is 0.319. The molecule has 0 amide bonds. The summed E-state index contributed by atoms with van der Waals surface area (Å²) in [4.78, 5) is 0. The van der Waals surface area contributed by atoms with Gasteiger partial charge in [0.2, 0.25) is 6.29 Å². The van der Waals surface area contributed by atoms with Crippen molar-refractivity contribution in [3.05, 3.63) is 0 Å². The van der Waals surface area contributed by atoms with Gasteiger partial charge in [0, 0.05) is 6.61 Å². The van der Waals surface area contributed by atoms with E-state index < -0.39 is 6.29 Å². The molecule has 0 fully saturated rings. The Balaban J connectivity index is 0. The maximum Gasteiger partial charge on any atom is 0.217 e. The molecule has 3 heteroatoms. The zero-order chi connectivity index (χ0) is 8.41. The Kier molecular flexibility index (Phi) is 13.7. The first-order valence-electron chi connectivity index (χ1n) is 3.08. The van der Waals surface area contributed by atoms with Crippen molar-refractivity contribution in [3.8, 4) is 11.8 Å². The highest BCUT2D eigenvalue weighted by Crippen LogP contribution is 1.63. The molecular weight excluding hydrogens is 132 g/mol. The first-order chi connectivity index (χ1) is 4.68. The van der Waals surface area contributed by atoms with Gasteiger partial charge in [-0.1, -0.05) is 6.92 Å². The normalized spacial score (nSPS) is 7.40. The summed E-state index contributed by atoms with van der Waals surface area (Å²) in [5.74, 6) is 4.39. The van der Waals surface area contributed by atoms with E-state index in [0.717, 1.165) is 6.42 Å². The van der Waals surface area contributed by atoms with Crippen molar-refractivity contribution in [2.45, 2.75) is 26.6 Å². The number of aliphatic hydroxyl groups excluding tert-OH is 2. The number of hydrogen-bond donors (Lipinski definition) is 3. The summed E-state index contributed by atoms with van der Waals surface area (Å²) in [7, 11) is 0. The Morgan fingerprint density at radius 1 is 1.40 bits per heavy atom. The smallest absolute Gasteiger partial charge is 0.217 e. The van der Waals surface area contributed by atoms with Crippen molar-refractivity contribution in [1.82, 2.24) is 0 Å². The van der Waals surface area contributed by atoms with Gasteiger partial charge in [-0.25, -0.2) is 0 Å². The van der Waals surface area contributed by atoms with Gasteiger partial charge < -0.3 is 15.3 Å². The van der Waals surface area contributed by atoms with Crippen LogP contribution in [0.3, 0.4) is 0 Å². The molecule has 0 spiro atoms. The van der Waals surface area contributed by atoms with E-state index in [2.05, 4.69) is 11.8 Å². The first-order valence-corrected chi connectivity index (χ1v) is 3.08. The highest BCUT2D eigenvalue weighted by atomic mass is 16.5. The van der Waals surface area contributed by atoms with Crippen LogP contribution in [-0.2, 0) is 0 Å². The highest BCUT2D eigenvalue weighted by Gasteiger charge is 1.79. The molecule has 0 bridgehead atoms. The fourth-order valence-electron chi connectivity index (χ4n) is 0.129. The van der Waals surface area contributed by atoms with Gasteiger partial charge in [0.15, 0.2) is 0 Å². The summed E-state index contributed by atoms with van der Waals surface area (Å²) < 4.78 is 0. The van der Waals surface area contributed by atoms with Crippen LogP contribution in [0.4, 0.5) is 0 Å². The van der Waals surface area contributed by atoms with Crippen LogP contribution < -0.4 is 0 Å². The molecule has 0 radical (unpaired) electrons. The van der Waals surface area contributed by atoms with Crippen LogP contribution in [0.2, 0.25) is 0 Å². The van der Waals surface area contributed by atoms with Crippen molar-refractivity contribution in [2.75, 3.05) is 6.61 Å². The first kappa shape index (κ1) is 12.1. The molecule has 0 aliphatic heterocycles. The maximum atomic E-state index is 7.93. The average molecular weight is 146 g/mol. The molecule has 0 rings (SSSR count). The summed E-state index contributed by atoms with van der Waals surface area (Å²) in [6, 6.07) is 0. The number of hydrogen-bond acceptors (Lipinski definition) is 3. The number of rotatable bonds is 1. The van der Waals surface area contributed by atoms with Crippen LogP contribution in [-0.4, -0.2) is 28.2 Å². The molecule has 10 heavy (non-hydrogen) atoms. The SMILES string of the molecule is CC#CC(O)O.CCCO. The molecule has 0 saturated heterocycles. The predicted molar refractivity (Wildman–Crippen MR) is 39.1 cm³/mol. The minimum atomic E-state index is -1.46. The van der Waals surface area contributed by atoms with Crippen LogP contribution in [0, 0.1) is 11.8 Å². The molecule has 0 aromatic carbocycles. The fraction of sp³-hybridized carbons (Fsp3) is 0.714. The van der Waals surface area contributed by atoms with Crippen molar-refractivity contribution in [2.24, 2.45) is 0 Å². The Morgan fingerprint density at radius 2 is 1.80 bits per heavy atom. The molecule has 0 aromatic rings. The molecule has 0 atom stereocenters. The van der Waals surface area contributed by atoms with E-state index >= 15 is 0 Å². The summed E-state index contributed by atoms with van der Waals surface area (Å²) in [6.07, 6.45) is -0.588. The largest absolute Gasteiger partial charge is 0.396 e. The summed E-state index contributed by atoms with van der Waals surface area (Å²) in [6.45, 7) is 3.79. The third-order valence-corrected chi connectivity index (χ3v) is 0.497. The second-order valence-corrected chi connectivity index (χ2v) is 1.49. The molecule has 0 saturated carbocycles.